The summed E-state index contributed by atoms with van der Waals surface area (Å²) in [7, 11) is -3.90. The maximum atomic E-state index is 11.4. The third-order valence-electron chi connectivity index (χ3n) is 0.503. The van der Waals surface area contributed by atoms with Gasteiger partial charge in [-0.2, -0.15) is 22.0 Å². The second kappa shape index (κ2) is 4.41. The molecule has 0 unspecified atom stereocenters. The molecule has 10 heteroatoms. The van der Waals surface area contributed by atoms with Crippen LogP contribution in [-0.2, 0) is 23.6 Å². The first-order valence-corrected chi connectivity index (χ1v) is 2.90. The summed E-state index contributed by atoms with van der Waals surface area (Å²) in [6, 6.07) is 0. The van der Waals surface area contributed by atoms with E-state index in [2.05, 4.69) is 4.18 Å². The van der Waals surface area contributed by atoms with Gasteiger partial charge in [0, 0.05) is 0 Å². The Morgan fingerprint density at radius 2 is 1.33 bits per heavy atom. The molecule has 0 aliphatic carbocycles. The first kappa shape index (κ1) is 14.7. The molecule has 0 spiro atoms. The summed E-state index contributed by atoms with van der Waals surface area (Å²) in [6.07, 6.45) is -11.7. The van der Waals surface area contributed by atoms with Gasteiger partial charge in [0.2, 0.25) is 0 Å². The van der Waals surface area contributed by atoms with E-state index in [9.17, 15) is 30.4 Å². The van der Waals surface area contributed by atoms with Crippen molar-refractivity contribution in [2.75, 3.05) is 0 Å². The Labute approximate surface area is 77.2 Å². The summed E-state index contributed by atoms with van der Waals surface area (Å²) < 4.78 is 76.8. The normalized spacial score (nSPS) is 12.8. The molecule has 0 aromatic heterocycles. The topological polar surface area (TPSA) is 43.4 Å². The van der Waals surface area contributed by atoms with E-state index >= 15 is 0 Å². The van der Waals surface area contributed by atoms with Gasteiger partial charge in [0.25, 0.3) is 0 Å². The van der Waals surface area contributed by atoms with Crippen molar-refractivity contribution in [1.82, 2.24) is 0 Å². The molecule has 3 nitrogen and oxygen atoms in total. The van der Waals surface area contributed by atoms with Crippen LogP contribution in [0.3, 0.4) is 0 Å². The Bertz CT molecular complexity index is 201. The van der Waals surface area contributed by atoms with E-state index in [0.717, 1.165) is 0 Å². The maximum Gasteiger partial charge on any atom is 1.00 e. The van der Waals surface area contributed by atoms with Crippen molar-refractivity contribution in [2.24, 2.45) is 0 Å². The molecule has 0 aromatic rings. The van der Waals surface area contributed by atoms with Gasteiger partial charge in [-0.05, 0) is 0 Å². The monoisotopic (exact) mass is 206 g/mol. The van der Waals surface area contributed by atoms with Crippen molar-refractivity contribution in [3.05, 3.63) is 0 Å². The molecule has 0 aromatic carbocycles. The Kier molecular flexibility index (Phi) is 5.39. The minimum absolute atomic E-state index is 0. The maximum absolute atomic E-state index is 11.4. The summed E-state index contributed by atoms with van der Waals surface area (Å²) in [6.45, 7) is 0. The van der Waals surface area contributed by atoms with Crippen LogP contribution in [0.5, 0.6) is 0 Å². The zero-order valence-electron chi connectivity index (χ0n) is 5.52. The van der Waals surface area contributed by atoms with Gasteiger partial charge in [-0.25, -0.2) is 0 Å². The van der Waals surface area contributed by atoms with Crippen LogP contribution >= 0.6 is 0 Å². The van der Waals surface area contributed by atoms with Gasteiger partial charge < -0.3 is 12.6 Å². The number of alkyl halides is 5. The fourth-order valence-corrected chi connectivity index (χ4v) is 0.398. The zero-order valence-corrected chi connectivity index (χ0v) is 6.34. The van der Waals surface area contributed by atoms with Crippen LogP contribution in [0, 0.1) is 0 Å². The molecule has 0 saturated heterocycles. The van der Waals surface area contributed by atoms with Crippen molar-refractivity contribution >= 4 is 11.0 Å². The molecule has 0 rings (SSSR count). The summed E-state index contributed by atoms with van der Waals surface area (Å²) in [4.78, 5) is 0. The van der Waals surface area contributed by atoms with Crippen LogP contribution in [-0.4, -0.2) is 12.3 Å². The SMILES string of the molecule is O=[S-](=O)OC(F)(F)C(F)(F)F.[Li+]. The van der Waals surface area contributed by atoms with Gasteiger partial charge in [-0.3, -0.25) is 0 Å². The standard InChI is InChI=1S/C2F5O3S.Li/c3-1(4,5)2(6,7)10-11(8)9;/q-1;+1. The van der Waals surface area contributed by atoms with Crippen LogP contribution < -0.4 is 18.9 Å². The minimum Gasteiger partial charge on any atom is -0.397 e. The molecule has 12 heavy (non-hydrogen) atoms. The number of halogens is 5. The molecule has 0 saturated carbocycles. The van der Waals surface area contributed by atoms with E-state index in [4.69, 9.17) is 0 Å². The number of hydrogen-bond donors (Lipinski definition) is 0. The van der Waals surface area contributed by atoms with Crippen molar-refractivity contribution in [3.8, 4) is 0 Å². The zero-order chi connectivity index (χ0) is 9.28. The fraction of sp³-hybridized carbons (Fsp3) is 1.00. The van der Waals surface area contributed by atoms with E-state index in [1.807, 2.05) is 0 Å². The first-order valence-electron chi connectivity index (χ1n) is 1.90. The van der Waals surface area contributed by atoms with Gasteiger partial charge in [0.05, 0.1) is 11.0 Å². The first-order chi connectivity index (χ1) is 4.67. The third-order valence-corrected chi connectivity index (χ3v) is 0.848. The van der Waals surface area contributed by atoms with Crippen molar-refractivity contribution < 1.29 is 53.4 Å². The van der Waals surface area contributed by atoms with E-state index in [-0.39, 0.29) is 18.9 Å². The molecule has 0 atom stereocenters. The average molecular weight is 206 g/mol. The van der Waals surface area contributed by atoms with Crippen LogP contribution in [0.4, 0.5) is 22.0 Å². The average Bonchev–Trinajstić information content (AvgIpc) is 1.56. The Hall–Kier alpha value is 0.157. The summed E-state index contributed by atoms with van der Waals surface area (Å²) in [5, 5.41) is 0. The van der Waals surface area contributed by atoms with Crippen LogP contribution in [0.2, 0.25) is 0 Å². The molecule has 0 N–H and O–H groups in total. The van der Waals surface area contributed by atoms with Gasteiger partial charge in [-0.15, -0.1) is 0 Å². The molecule has 68 valence electrons. The molecule has 0 bridgehead atoms. The van der Waals surface area contributed by atoms with Gasteiger partial charge in [0.15, 0.2) is 0 Å². The van der Waals surface area contributed by atoms with Crippen molar-refractivity contribution in [1.29, 1.82) is 0 Å². The fourth-order valence-electron chi connectivity index (χ4n) is 0.133. The number of rotatable bonds is 2. The smallest absolute Gasteiger partial charge is 0.397 e. The minimum atomic E-state index is -6.02. The van der Waals surface area contributed by atoms with Crippen molar-refractivity contribution in [3.63, 3.8) is 0 Å². The van der Waals surface area contributed by atoms with Crippen molar-refractivity contribution in [2.45, 2.75) is 12.3 Å². The van der Waals surface area contributed by atoms with Gasteiger partial charge in [0.1, 0.15) is 0 Å². The molecule has 0 amide bonds. The largest absolute Gasteiger partial charge is 1.00 e. The summed E-state index contributed by atoms with van der Waals surface area (Å²) in [5.41, 5.74) is 0. The summed E-state index contributed by atoms with van der Waals surface area (Å²) in [5.74, 6) is 0. The molecule has 0 radical (unpaired) electrons. The second-order valence-corrected chi connectivity index (χ2v) is 1.88. The van der Waals surface area contributed by atoms with E-state index in [1.165, 1.54) is 0 Å². The van der Waals surface area contributed by atoms with Gasteiger partial charge in [-0.1, -0.05) is 0 Å². The Morgan fingerprint density at radius 3 is 1.42 bits per heavy atom. The molecule has 0 heterocycles. The van der Waals surface area contributed by atoms with E-state index in [1.54, 1.807) is 0 Å². The van der Waals surface area contributed by atoms with Crippen LogP contribution in [0.1, 0.15) is 0 Å². The van der Waals surface area contributed by atoms with Crippen LogP contribution in [0.25, 0.3) is 0 Å². The van der Waals surface area contributed by atoms with Crippen LogP contribution in [0.15, 0.2) is 0 Å². The Balaban J connectivity index is 0. The molecular formula is C2F5LiO3S. The van der Waals surface area contributed by atoms with Gasteiger partial charge >= 0.3 is 31.1 Å². The second-order valence-electron chi connectivity index (χ2n) is 1.30. The number of hydrogen-bond acceptors (Lipinski definition) is 4. The predicted octanol–water partition coefficient (Wildman–Crippen LogP) is -1.61. The quantitative estimate of drug-likeness (QED) is 0.310. The molecule has 0 fully saturated rings. The summed E-state index contributed by atoms with van der Waals surface area (Å²) >= 11 is 0. The molecule has 0 aliphatic heterocycles. The Morgan fingerprint density at radius 1 is 1.00 bits per heavy atom. The van der Waals surface area contributed by atoms with E-state index in [0.29, 0.717) is 0 Å². The third kappa shape index (κ3) is 4.25. The molecule has 0 aliphatic rings. The molecular weight excluding hydrogens is 206 g/mol. The predicted molar refractivity (Wildman–Crippen MR) is 20.8 cm³/mol. The van der Waals surface area contributed by atoms with E-state index < -0.39 is 23.3 Å².